The number of rotatable bonds is 12. The van der Waals surface area contributed by atoms with Gasteiger partial charge in [0.05, 0.1) is 6.10 Å². The maximum atomic E-state index is 13.6. The quantitative estimate of drug-likeness (QED) is 0.205. The molecule has 0 aliphatic carbocycles. The summed E-state index contributed by atoms with van der Waals surface area (Å²) in [5.41, 5.74) is 13.3. The molecule has 1 fully saturated rings. The van der Waals surface area contributed by atoms with E-state index in [1.165, 1.54) is 5.56 Å². The van der Waals surface area contributed by atoms with Gasteiger partial charge in [-0.2, -0.15) is 0 Å². The van der Waals surface area contributed by atoms with Gasteiger partial charge in [0.1, 0.15) is 0 Å². The van der Waals surface area contributed by atoms with E-state index in [9.17, 15) is 9.59 Å². The number of aromatic nitrogens is 1. The van der Waals surface area contributed by atoms with Gasteiger partial charge in [-0.05, 0) is 106 Å². The molecule has 8 heteroatoms. The smallest absolute Gasteiger partial charge is 0.253 e. The van der Waals surface area contributed by atoms with E-state index in [2.05, 4.69) is 58.2 Å². The maximum Gasteiger partial charge on any atom is 0.253 e. The summed E-state index contributed by atoms with van der Waals surface area (Å²) in [5, 5.41) is 10.2. The number of ether oxygens (including phenoxy) is 1. The van der Waals surface area contributed by atoms with Crippen LogP contribution in [-0.2, 0) is 17.8 Å². The SMILES string of the molecule is CCC1CC(Nc2cc(-c3ccc(CNCCCN)cc3)cc(C(=O)NCc3c(C)cc(C)[nH]c3=O)c2C)CCO1. The third kappa shape index (κ3) is 8.06. The lowest BCUT2D eigenvalue weighted by Gasteiger charge is -2.31. The van der Waals surface area contributed by atoms with Crippen molar-refractivity contribution in [2.45, 2.75) is 78.6 Å². The molecule has 2 aromatic carbocycles. The number of nitrogens with two attached hydrogens (primary N) is 1. The predicted molar refractivity (Wildman–Crippen MR) is 166 cm³/mol. The minimum absolute atomic E-state index is 0.163. The number of pyridine rings is 1. The third-order valence-electron chi connectivity index (χ3n) is 7.93. The summed E-state index contributed by atoms with van der Waals surface area (Å²) in [7, 11) is 0. The number of benzene rings is 2. The zero-order chi connectivity index (χ0) is 29.4. The van der Waals surface area contributed by atoms with E-state index in [0.29, 0.717) is 17.7 Å². The van der Waals surface area contributed by atoms with Crippen LogP contribution in [0.4, 0.5) is 5.69 Å². The first-order chi connectivity index (χ1) is 19.8. The third-order valence-corrected chi connectivity index (χ3v) is 7.93. The molecule has 4 rings (SSSR count). The molecule has 41 heavy (non-hydrogen) atoms. The van der Waals surface area contributed by atoms with Crippen molar-refractivity contribution in [1.29, 1.82) is 0 Å². The molecule has 6 N–H and O–H groups in total. The highest BCUT2D eigenvalue weighted by atomic mass is 16.5. The van der Waals surface area contributed by atoms with E-state index in [0.717, 1.165) is 79.0 Å². The summed E-state index contributed by atoms with van der Waals surface area (Å²) >= 11 is 0. The molecular weight excluding hydrogens is 514 g/mol. The van der Waals surface area contributed by atoms with Crippen LogP contribution in [0.2, 0.25) is 0 Å². The van der Waals surface area contributed by atoms with Gasteiger partial charge in [0.15, 0.2) is 0 Å². The van der Waals surface area contributed by atoms with Crippen LogP contribution < -0.4 is 27.2 Å². The first-order valence-electron chi connectivity index (χ1n) is 14.8. The van der Waals surface area contributed by atoms with Crippen LogP contribution in [0.1, 0.15) is 70.9 Å². The Morgan fingerprint density at radius 1 is 1.07 bits per heavy atom. The molecule has 2 atom stereocenters. The molecule has 1 saturated heterocycles. The van der Waals surface area contributed by atoms with Gasteiger partial charge in [-0.3, -0.25) is 9.59 Å². The Balaban J connectivity index is 1.61. The fraction of sp³-hybridized carbons (Fsp3) is 0.455. The van der Waals surface area contributed by atoms with Crippen LogP contribution >= 0.6 is 0 Å². The lowest BCUT2D eigenvalue weighted by atomic mass is 9.95. The van der Waals surface area contributed by atoms with E-state index >= 15 is 0 Å². The van der Waals surface area contributed by atoms with E-state index in [1.807, 2.05) is 32.9 Å². The predicted octanol–water partition coefficient (Wildman–Crippen LogP) is 4.71. The second-order valence-electron chi connectivity index (χ2n) is 11.1. The zero-order valence-electron chi connectivity index (χ0n) is 24.9. The van der Waals surface area contributed by atoms with Crippen LogP contribution in [0, 0.1) is 20.8 Å². The summed E-state index contributed by atoms with van der Waals surface area (Å²) in [6.07, 6.45) is 4.03. The molecule has 1 amide bonds. The fourth-order valence-electron chi connectivity index (χ4n) is 5.42. The number of aryl methyl sites for hydroxylation is 2. The number of aromatic amines is 1. The van der Waals surface area contributed by atoms with Crippen molar-refractivity contribution >= 4 is 11.6 Å². The molecule has 0 radical (unpaired) electrons. The Kier molecular flexibility index (Phi) is 10.7. The molecule has 0 bridgehead atoms. The lowest BCUT2D eigenvalue weighted by Crippen LogP contribution is -2.34. The Morgan fingerprint density at radius 2 is 1.85 bits per heavy atom. The molecule has 3 aromatic rings. The van der Waals surface area contributed by atoms with Crippen molar-refractivity contribution in [2.24, 2.45) is 5.73 Å². The van der Waals surface area contributed by atoms with Gasteiger partial charge in [0, 0.05) is 48.2 Å². The van der Waals surface area contributed by atoms with E-state index in [4.69, 9.17) is 10.5 Å². The molecule has 8 nitrogen and oxygen atoms in total. The van der Waals surface area contributed by atoms with Gasteiger partial charge in [-0.15, -0.1) is 0 Å². The molecule has 1 aliphatic rings. The van der Waals surface area contributed by atoms with Crippen molar-refractivity contribution in [3.8, 4) is 11.1 Å². The minimum atomic E-state index is -0.203. The van der Waals surface area contributed by atoms with Crippen LogP contribution in [0.5, 0.6) is 0 Å². The normalized spacial score (nSPS) is 16.9. The Labute approximate surface area is 243 Å². The van der Waals surface area contributed by atoms with Gasteiger partial charge >= 0.3 is 0 Å². The van der Waals surface area contributed by atoms with E-state index in [1.54, 1.807) is 0 Å². The molecular formula is C33H45N5O3. The fourth-order valence-corrected chi connectivity index (χ4v) is 5.42. The first kappa shape index (κ1) is 30.5. The van der Waals surface area contributed by atoms with Crippen molar-refractivity contribution in [3.63, 3.8) is 0 Å². The van der Waals surface area contributed by atoms with Gasteiger partial charge in [-0.25, -0.2) is 0 Å². The summed E-state index contributed by atoms with van der Waals surface area (Å²) in [5.74, 6) is -0.203. The number of nitrogens with one attached hydrogen (secondary N) is 4. The summed E-state index contributed by atoms with van der Waals surface area (Å²) in [4.78, 5) is 29.0. The highest BCUT2D eigenvalue weighted by molar-refractivity contribution is 5.98. The molecule has 0 spiro atoms. The highest BCUT2D eigenvalue weighted by Gasteiger charge is 2.23. The highest BCUT2D eigenvalue weighted by Crippen LogP contribution is 2.31. The maximum absolute atomic E-state index is 13.6. The Morgan fingerprint density at radius 3 is 2.56 bits per heavy atom. The Hall–Kier alpha value is -3.46. The van der Waals surface area contributed by atoms with Crippen molar-refractivity contribution < 1.29 is 9.53 Å². The van der Waals surface area contributed by atoms with Crippen molar-refractivity contribution in [1.82, 2.24) is 15.6 Å². The number of carbonyl (C=O) groups is 1. The van der Waals surface area contributed by atoms with Crippen molar-refractivity contribution in [3.05, 3.63) is 86.3 Å². The van der Waals surface area contributed by atoms with Crippen LogP contribution in [0.25, 0.3) is 11.1 Å². The van der Waals surface area contributed by atoms with E-state index in [-0.39, 0.29) is 30.2 Å². The average Bonchev–Trinajstić information content (AvgIpc) is 2.96. The summed E-state index contributed by atoms with van der Waals surface area (Å²) in [6.45, 7) is 11.1. The molecule has 1 aromatic heterocycles. The Bertz CT molecular complexity index is 1380. The van der Waals surface area contributed by atoms with Crippen LogP contribution in [-0.4, -0.2) is 42.7 Å². The standard InChI is InChI=1S/C33H45N5O3/c1-5-28-18-27(11-14-41-28)38-31-17-26(25-9-7-24(8-10-25)19-35-13-6-12-34)16-29(23(31)4)32(39)36-20-30-21(2)15-22(3)37-33(30)40/h7-10,15-17,27-28,35,38H,5-6,11-14,18-20,34H2,1-4H3,(H,36,39)(H,37,40). The lowest BCUT2D eigenvalue weighted by molar-refractivity contribution is 0.00924. The van der Waals surface area contributed by atoms with Gasteiger partial charge in [0.2, 0.25) is 0 Å². The first-order valence-corrected chi connectivity index (χ1v) is 14.8. The monoisotopic (exact) mass is 559 g/mol. The van der Waals surface area contributed by atoms with E-state index < -0.39 is 0 Å². The molecule has 220 valence electrons. The van der Waals surface area contributed by atoms with Crippen LogP contribution in [0.3, 0.4) is 0 Å². The molecule has 2 unspecified atom stereocenters. The average molecular weight is 560 g/mol. The van der Waals surface area contributed by atoms with Crippen molar-refractivity contribution in [2.75, 3.05) is 25.0 Å². The number of carbonyl (C=O) groups excluding carboxylic acids is 1. The molecule has 2 heterocycles. The number of hydrogen-bond acceptors (Lipinski definition) is 6. The topological polar surface area (TPSA) is 121 Å². The number of H-pyrrole nitrogens is 1. The number of anilines is 1. The number of hydrogen-bond donors (Lipinski definition) is 5. The zero-order valence-corrected chi connectivity index (χ0v) is 24.9. The van der Waals surface area contributed by atoms with Gasteiger partial charge in [0.25, 0.3) is 11.5 Å². The second kappa shape index (κ2) is 14.4. The largest absolute Gasteiger partial charge is 0.382 e. The summed E-state index contributed by atoms with van der Waals surface area (Å²) in [6, 6.07) is 14.7. The minimum Gasteiger partial charge on any atom is -0.382 e. The summed E-state index contributed by atoms with van der Waals surface area (Å²) < 4.78 is 5.89. The number of amides is 1. The van der Waals surface area contributed by atoms with Gasteiger partial charge < -0.3 is 31.4 Å². The molecule has 0 saturated carbocycles. The molecule has 1 aliphatic heterocycles. The van der Waals surface area contributed by atoms with Gasteiger partial charge in [-0.1, -0.05) is 31.2 Å². The second-order valence-corrected chi connectivity index (χ2v) is 11.1. The van der Waals surface area contributed by atoms with Crippen LogP contribution in [0.15, 0.2) is 47.3 Å².